The largest absolute Gasteiger partial charge is 0.491 e. The number of aliphatic hydroxyl groups excluding tert-OH is 2. The Morgan fingerprint density at radius 3 is 2.10 bits per heavy atom. The molecule has 17 nitrogen and oxygen atoms in total. The van der Waals surface area contributed by atoms with Crippen LogP contribution >= 0.6 is 0 Å². The predicted molar refractivity (Wildman–Crippen MR) is 259 cm³/mol. The van der Waals surface area contributed by atoms with Crippen molar-refractivity contribution in [2.24, 2.45) is 17.6 Å². The van der Waals surface area contributed by atoms with Crippen molar-refractivity contribution >= 4 is 41.5 Å². The molecule has 0 unspecified atom stereocenters. The summed E-state index contributed by atoms with van der Waals surface area (Å²) in [6.45, 7) is 2.63. The number of cyclic esters (lactones) is 1. The number of benzene rings is 5. The quantitative estimate of drug-likeness (QED) is 0.0667. The van der Waals surface area contributed by atoms with E-state index < -0.39 is 89.4 Å². The zero-order valence-electron chi connectivity index (χ0n) is 39.2. The van der Waals surface area contributed by atoms with Gasteiger partial charge in [-0.05, 0) is 64.1 Å². The smallest absolute Gasteiger partial charge is 0.329 e. The number of carbonyl (C=O) groups is 6. The minimum atomic E-state index is -2.22. The molecule has 6 amide bonds. The van der Waals surface area contributed by atoms with Crippen LogP contribution in [0.4, 0.5) is 15.3 Å². The number of hydrogen-bond acceptors (Lipinski definition) is 12. The lowest BCUT2D eigenvalue weighted by Crippen LogP contribution is -2.58. The maximum Gasteiger partial charge on any atom is 0.329 e. The summed E-state index contributed by atoms with van der Waals surface area (Å²) in [7, 11) is 1.18. The zero-order valence-corrected chi connectivity index (χ0v) is 39.2. The first-order chi connectivity index (χ1) is 34.3. The normalized spacial score (nSPS) is 22.0. The number of nitrogens with two attached hydrogens (primary N) is 1. The summed E-state index contributed by atoms with van der Waals surface area (Å²) in [5.74, 6) is 0.668. The van der Waals surface area contributed by atoms with Gasteiger partial charge in [0.15, 0.2) is 0 Å². The van der Waals surface area contributed by atoms with E-state index in [0.717, 1.165) is 4.90 Å². The van der Waals surface area contributed by atoms with Gasteiger partial charge >= 0.3 is 24.0 Å². The number of rotatable bonds is 14. The summed E-state index contributed by atoms with van der Waals surface area (Å²) >= 11 is 0. The fraction of sp³-hybridized carbons (Fsp3) is 0.296. The highest BCUT2D eigenvalue weighted by molar-refractivity contribution is 6.25. The van der Waals surface area contributed by atoms with Gasteiger partial charge in [0.05, 0.1) is 50.1 Å². The van der Waals surface area contributed by atoms with Crippen LogP contribution in [-0.2, 0) is 34.1 Å². The van der Waals surface area contributed by atoms with Gasteiger partial charge in [-0.15, -0.1) is 0 Å². The summed E-state index contributed by atoms with van der Waals surface area (Å²) in [6.07, 6.45) is -2.22. The summed E-state index contributed by atoms with van der Waals surface area (Å²) in [5.41, 5.74) is 5.77. The Labute approximate surface area is 410 Å². The second kappa shape index (κ2) is 21.3. The number of anilines is 1. The van der Waals surface area contributed by atoms with E-state index >= 15 is 19.2 Å². The van der Waals surface area contributed by atoms with Crippen molar-refractivity contribution in [2.75, 3.05) is 38.3 Å². The van der Waals surface area contributed by atoms with Gasteiger partial charge in [-0.2, -0.15) is 0 Å². The molecule has 17 heteroatoms. The summed E-state index contributed by atoms with van der Waals surface area (Å²) < 4.78 is 17.4. The highest BCUT2D eigenvalue weighted by Crippen LogP contribution is 2.66. The number of urea groups is 2. The lowest BCUT2D eigenvalue weighted by molar-refractivity contribution is -0.178. The van der Waals surface area contributed by atoms with E-state index in [2.05, 4.69) is 27.8 Å². The van der Waals surface area contributed by atoms with E-state index in [1.54, 1.807) is 80.6 Å². The van der Waals surface area contributed by atoms with Gasteiger partial charge in [0.1, 0.15) is 36.0 Å². The molecule has 3 aliphatic heterocycles. The molecule has 366 valence electrons. The molecule has 7 N–H and O–H groups in total. The second-order valence-electron chi connectivity index (χ2n) is 17.7. The van der Waals surface area contributed by atoms with Crippen molar-refractivity contribution in [1.29, 1.82) is 0 Å². The summed E-state index contributed by atoms with van der Waals surface area (Å²) in [6, 6.07) is 31.6. The highest BCUT2D eigenvalue weighted by Gasteiger charge is 2.75. The van der Waals surface area contributed by atoms with Crippen LogP contribution in [0, 0.1) is 23.7 Å². The number of ether oxygens (including phenoxy) is 3. The number of hydrogen-bond donors (Lipinski definition) is 6. The molecule has 5 aromatic rings. The Morgan fingerprint density at radius 1 is 0.831 bits per heavy atom. The Balaban J connectivity index is 1.43. The molecule has 0 radical (unpaired) electrons. The standard InChI is InChI=1S/C54H54N6O11/c1-32(2)43(49(64)69-3)58-53(68)59-40-26-21-33(14-13-27-56-52(55)67)30-39(40)54(51(59)66)42(48(63)57-31-41(62)34-15-7-4-8-16-34)45-50(65)71-46(36-19-11-6-12-20-36)44(35-17-9-5-10-18-35)60(45)47(54)37-22-24-38(25-23-37)70-29-28-61/h4-12,15-26,30,32,41-47,61-62H,27-29,31H2,1-3H3,(H,57,63)(H,58,68)(H3,55,56,67)/t41-,42+,43-,44+,45+,46-,47-,54+/m0/s1. The number of methoxy groups -OCH3 is 1. The number of fused-ring (bicyclic) bond motifs is 3. The van der Waals surface area contributed by atoms with Crippen LogP contribution < -0.4 is 31.3 Å². The molecule has 5 aromatic carbocycles. The maximum absolute atomic E-state index is 16.6. The van der Waals surface area contributed by atoms with Crippen molar-refractivity contribution in [1.82, 2.24) is 20.9 Å². The molecule has 1 spiro atoms. The third-order valence-corrected chi connectivity index (χ3v) is 13.1. The number of carbonyl (C=O) groups excluding carboxylic acids is 6. The van der Waals surface area contributed by atoms with Crippen LogP contribution in [0.1, 0.15) is 71.5 Å². The van der Waals surface area contributed by atoms with E-state index in [1.807, 2.05) is 65.6 Å². The van der Waals surface area contributed by atoms with Crippen molar-refractivity contribution in [3.63, 3.8) is 0 Å². The molecule has 2 fully saturated rings. The van der Waals surface area contributed by atoms with Crippen LogP contribution in [0.15, 0.2) is 133 Å². The first-order valence-electron chi connectivity index (χ1n) is 23.1. The van der Waals surface area contributed by atoms with E-state index in [-0.39, 0.29) is 37.6 Å². The molecule has 71 heavy (non-hydrogen) atoms. The molecule has 0 bridgehead atoms. The van der Waals surface area contributed by atoms with Gasteiger partial charge in [-0.25, -0.2) is 19.3 Å². The fourth-order valence-corrected chi connectivity index (χ4v) is 10.1. The maximum atomic E-state index is 16.6. The molecule has 3 aliphatic rings. The lowest BCUT2D eigenvalue weighted by Gasteiger charge is -2.46. The average molecular weight is 963 g/mol. The van der Waals surface area contributed by atoms with Gasteiger partial charge in [-0.1, -0.05) is 129 Å². The van der Waals surface area contributed by atoms with E-state index in [4.69, 9.17) is 19.9 Å². The number of nitrogens with zero attached hydrogens (tertiary/aromatic N) is 2. The molecular weight excluding hydrogens is 909 g/mol. The third kappa shape index (κ3) is 9.52. The number of primary amides is 1. The molecule has 0 aromatic heterocycles. The van der Waals surface area contributed by atoms with E-state index in [0.29, 0.717) is 33.6 Å². The Kier molecular flexibility index (Phi) is 14.8. The Hall–Kier alpha value is -8.04. The second-order valence-corrected chi connectivity index (χ2v) is 17.7. The number of amides is 6. The van der Waals surface area contributed by atoms with Crippen LogP contribution in [0.2, 0.25) is 0 Å². The predicted octanol–water partition coefficient (Wildman–Crippen LogP) is 4.50. The lowest BCUT2D eigenvalue weighted by atomic mass is 9.65. The molecule has 0 saturated carbocycles. The van der Waals surface area contributed by atoms with Crippen LogP contribution in [0.25, 0.3) is 0 Å². The highest BCUT2D eigenvalue weighted by atomic mass is 16.6. The van der Waals surface area contributed by atoms with Gasteiger partial charge in [0, 0.05) is 12.1 Å². The molecule has 2 saturated heterocycles. The van der Waals surface area contributed by atoms with Gasteiger partial charge in [-0.3, -0.25) is 19.3 Å². The van der Waals surface area contributed by atoms with Crippen LogP contribution in [-0.4, -0.2) is 96.4 Å². The zero-order chi connectivity index (χ0) is 50.4. The monoisotopic (exact) mass is 962 g/mol. The van der Waals surface area contributed by atoms with Crippen molar-refractivity contribution in [3.8, 4) is 17.6 Å². The minimum absolute atomic E-state index is 0.0175. The van der Waals surface area contributed by atoms with Crippen LogP contribution in [0.5, 0.6) is 5.75 Å². The van der Waals surface area contributed by atoms with Crippen molar-refractivity contribution in [3.05, 3.63) is 167 Å². The minimum Gasteiger partial charge on any atom is -0.491 e. The number of aliphatic hydroxyl groups is 2. The van der Waals surface area contributed by atoms with Crippen molar-refractivity contribution in [2.45, 2.75) is 55.6 Å². The van der Waals surface area contributed by atoms with Gasteiger partial charge in [0.25, 0.3) is 0 Å². The van der Waals surface area contributed by atoms with Crippen LogP contribution in [0.3, 0.4) is 0 Å². The summed E-state index contributed by atoms with van der Waals surface area (Å²) in [4.78, 5) is 90.2. The average Bonchev–Trinajstić information content (AvgIpc) is 3.84. The van der Waals surface area contributed by atoms with Gasteiger partial charge < -0.3 is 46.1 Å². The first kappa shape index (κ1) is 49.4. The van der Waals surface area contributed by atoms with Gasteiger partial charge in [0.2, 0.25) is 11.8 Å². The SMILES string of the molecule is COC(=O)[C@@H](NC(=O)N1C(=O)[C@@]2(c3cc(C#CCNC(N)=O)ccc31)[C@H](c1ccc(OCCO)cc1)N1[C@H](c3ccccc3)[C@H](c3ccccc3)OC(=O)[C@H]1[C@@H]2C(=O)NC[C@H](O)c1ccccc1)C(C)C. The Morgan fingerprint density at radius 2 is 1.48 bits per heavy atom. The number of esters is 2. The third-order valence-electron chi connectivity index (χ3n) is 13.1. The molecule has 8 atom stereocenters. The molecule has 0 aliphatic carbocycles. The fourth-order valence-electron chi connectivity index (χ4n) is 10.1. The molecule has 8 rings (SSSR count). The Bertz CT molecular complexity index is 2840. The van der Waals surface area contributed by atoms with E-state index in [9.17, 15) is 19.8 Å². The van der Waals surface area contributed by atoms with E-state index in [1.165, 1.54) is 13.2 Å². The first-order valence-corrected chi connectivity index (χ1v) is 23.1. The topological polar surface area (TPSA) is 239 Å². The molecule has 3 heterocycles. The number of morpholine rings is 1. The summed E-state index contributed by atoms with van der Waals surface area (Å²) in [5, 5.41) is 29.1. The molecular formula is C54H54N6O11. The van der Waals surface area contributed by atoms with Crippen molar-refractivity contribution < 1.29 is 53.2 Å². The number of imide groups is 1. The number of nitrogens with one attached hydrogen (secondary N) is 3.